The van der Waals surface area contributed by atoms with Crippen LogP contribution in [0.25, 0.3) is 10.9 Å². The number of nitrogens with zero attached hydrogens (tertiary/aromatic N) is 2. The smallest absolute Gasteiger partial charge is 0.270 e. The van der Waals surface area contributed by atoms with Crippen LogP contribution >= 0.6 is 0 Å². The highest BCUT2D eigenvalue weighted by molar-refractivity contribution is 5.82. The summed E-state index contributed by atoms with van der Waals surface area (Å²) in [5.74, 6) is 1.32. The molecule has 0 aliphatic heterocycles. The van der Waals surface area contributed by atoms with E-state index in [1.807, 2.05) is 6.07 Å². The minimum atomic E-state index is -0.431. The summed E-state index contributed by atoms with van der Waals surface area (Å²) in [4.78, 5) is 14.8. The lowest BCUT2D eigenvalue weighted by Crippen LogP contribution is -2.12. The highest BCUT2D eigenvalue weighted by Gasteiger charge is 2.15. The average Bonchev–Trinajstić information content (AvgIpc) is 3.08. The van der Waals surface area contributed by atoms with E-state index in [-0.39, 0.29) is 18.3 Å². The van der Waals surface area contributed by atoms with Crippen molar-refractivity contribution in [2.24, 2.45) is 0 Å². The zero-order valence-corrected chi connectivity index (χ0v) is 12.2. The van der Waals surface area contributed by atoms with E-state index in [1.165, 1.54) is 12.1 Å². The molecule has 7 heteroatoms. The molecule has 3 rings (SSSR count). The van der Waals surface area contributed by atoms with Crippen LogP contribution in [0.2, 0.25) is 0 Å². The fraction of sp³-hybridized carbons (Fsp3) is 0.188. The summed E-state index contributed by atoms with van der Waals surface area (Å²) < 4.78 is 5.37. The molecule has 0 aliphatic rings. The monoisotopic (exact) mass is 313 g/mol. The van der Waals surface area contributed by atoms with Gasteiger partial charge in [0.15, 0.2) is 0 Å². The van der Waals surface area contributed by atoms with Gasteiger partial charge in [-0.15, -0.1) is 0 Å². The van der Waals surface area contributed by atoms with E-state index in [1.54, 1.807) is 30.5 Å². The maximum atomic E-state index is 10.8. The van der Waals surface area contributed by atoms with Crippen LogP contribution in [0.5, 0.6) is 0 Å². The molecule has 2 N–H and O–H groups in total. The van der Waals surface area contributed by atoms with Crippen LogP contribution < -0.4 is 5.32 Å². The second-order valence-corrected chi connectivity index (χ2v) is 5.06. The molecule has 23 heavy (non-hydrogen) atoms. The second-order valence-electron chi connectivity index (χ2n) is 5.06. The lowest BCUT2D eigenvalue weighted by Gasteiger charge is -2.16. The topological polar surface area (TPSA) is 101 Å². The predicted octanol–water partition coefficient (Wildman–Crippen LogP) is 3.27. The molecule has 7 nitrogen and oxygen atoms in total. The number of aliphatic hydroxyl groups excluding tert-OH is 1. The van der Waals surface area contributed by atoms with Crippen molar-refractivity contribution in [3.63, 3.8) is 0 Å². The minimum absolute atomic E-state index is 0.0120. The third-order valence-corrected chi connectivity index (χ3v) is 3.51. The van der Waals surface area contributed by atoms with E-state index in [9.17, 15) is 15.2 Å². The van der Waals surface area contributed by atoms with Crippen molar-refractivity contribution in [2.75, 3.05) is 11.9 Å². The first-order valence-corrected chi connectivity index (χ1v) is 7.13. The first-order valence-electron chi connectivity index (χ1n) is 7.13. The molecule has 118 valence electrons. The van der Waals surface area contributed by atoms with Crippen LogP contribution in [0.3, 0.4) is 0 Å². The quantitative estimate of drug-likeness (QED) is 0.535. The van der Waals surface area contributed by atoms with Crippen LogP contribution in [-0.2, 0) is 0 Å². The Hall–Kier alpha value is -2.93. The van der Waals surface area contributed by atoms with Crippen molar-refractivity contribution in [1.82, 2.24) is 4.98 Å². The van der Waals surface area contributed by atoms with Gasteiger partial charge in [-0.25, -0.2) is 4.98 Å². The Kier molecular flexibility index (Phi) is 4.20. The van der Waals surface area contributed by atoms with Crippen molar-refractivity contribution in [1.29, 1.82) is 0 Å². The van der Waals surface area contributed by atoms with Crippen LogP contribution in [-0.4, -0.2) is 21.6 Å². The lowest BCUT2D eigenvalue weighted by molar-refractivity contribution is -0.384. The van der Waals surface area contributed by atoms with Gasteiger partial charge in [0.05, 0.1) is 22.7 Å². The molecule has 2 heterocycles. The van der Waals surface area contributed by atoms with Gasteiger partial charge in [-0.05, 0) is 36.8 Å². The molecule has 1 aromatic carbocycles. The van der Waals surface area contributed by atoms with Gasteiger partial charge in [-0.3, -0.25) is 10.1 Å². The number of nitrogens with one attached hydrogen (secondary N) is 1. The van der Waals surface area contributed by atoms with E-state index >= 15 is 0 Å². The summed E-state index contributed by atoms with van der Waals surface area (Å²) in [6.07, 6.45) is 2.06. The number of hydrogen-bond acceptors (Lipinski definition) is 6. The Labute approximate surface area is 131 Å². The third-order valence-electron chi connectivity index (χ3n) is 3.51. The SMILES string of the molecule is O=[N+]([O-])c1ccc2nc(NC(CCO)c3ccco3)ccc2c1. The molecule has 0 aliphatic carbocycles. The maximum absolute atomic E-state index is 10.8. The number of anilines is 1. The van der Waals surface area contributed by atoms with E-state index < -0.39 is 4.92 Å². The number of nitro benzene ring substituents is 1. The first kappa shape index (κ1) is 15.0. The Balaban J connectivity index is 1.87. The molecular weight excluding hydrogens is 298 g/mol. The zero-order valence-electron chi connectivity index (χ0n) is 12.2. The summed E-state index contributed by atoms with van der Waals surface area (Å²) in [6, 6.07) is 11.5. The number of aliphatic hydroxyl groups is 1. The normalized spacial score (nSPS) is 12.2. The molecule has 0 saturated heterocycles. The number of benzene rings is 1. The average molecular weight is 313 g/mol. The highest BCUT2D eigenvalue weighted by Crippen LogP contribution is 2.25. The van der Waals surface area contributed by atoms with Gasteiger partial charge in [-0.1, -0.05) is 0 Å². The Morgan fingerprint density at radius 2 is 2.17 bits per heavy atom. The van der Waals surface area contributed by atoms with Gasteiger partial charge in [0.25, 0.3) is 5.69 Å². The Morgan fingerprint density at radius 1 is 1.30 bits per heavy atom. The van der Waals surface area contributed by atoms with Gasteiger partial charge in [-0.2, -0.15) is 0 Å². The van der Waals surface area contributed by atoms with E-state index in [4.69, 9.17) is 4.42 Å². The lowest BCUT2D eigenvalue weighted by atomic mass is 10.1. The number of rotatable bonds is 6. The fourth-order valence-corrected chi connectivity index (χ4v) is 2.39. The minimum Gasteiger partial charge on any atom is -0.467 e. The third kappa shape index (κ3) is 3.29. The molecule has 0 fully saturated rings. The van der Waals surface area contributed by atoms with Crippen LogP contribution in [0.4, 0.5) is 11.5 Å². The number of fused-ring (bicyclic) bond motifs is 1. The summed E-state index contributed by atoms with van der Waals surface area (Å²) in [6.45, 7) is 0.0120. The summed E-state index contributed by atoms with van der Waals surface area (Å²) in [5, 5.41) is 23.9. The fourth-order valence-electron chi connectivity index (χ4n) is 2.39. The Bertz CT molecular complexity index is 817. The summed E-state index contributed by atoms with van der Waals surface area (Å²) >= 11 is 0. The molecule has 1 unspecified atom stereocenters. The number of furan rings is 1. The van der Waals surface area contributed by atoms with E-state index in [2.05, 4.69) is 10.3 Å². The summed E-state index contributed by atoms with van der Waals surface area (Å²) in [5.41, 5.74) is 0.691. The number of pyridine rings is 1. The molecule has 0 amide bonds. The van der Waals surface area contributed by atoms with Crippen LogP contribution in [0.1, 0.15) is 18.2 Å². The van der Waals surface area contributed by atoms with Gasteiger partial charge < -0.3 is 14.8 Å². The van der Waals surface area contributed by atoms with Gasteiger partial charge in [0.2, 0.25) is 0 Å². The first-order chi connectivity index (χ1) is 11.2. The molecule has 0 saturated carbocycles. The van der Waals surface area contributed by atoms with E-state index in [0.717, 1.165) is 0 Å². The van der Waals surface area contributed by atoms with Crippen molar-refractivity contribution in [3.8, 4) is 0 Å². The van der Waals surface area contributed by atoms with Gasteiger partial charge >= 0.3 is 0 Å². The largest absolute Gasteiger partial charge is 0.467 e. The van der Waals surface area contributed by atoms with Crippen molar-refractivity contribution >= 4 is 22.4 Å². The molecule has 0 bridgehead atoms. The maximum Gasteiger partial charge on any atom is 0.270 e. The molecule has 3 aromatic rings. The molecular formula is C16H15N3O4. The van der Waals surface area contributed by atoms with Crippen molar-refractivity contribution in [2.45, 2.75) is 12.5 Å². The Morgan fingerprint density at radius 3 is 2.87 bits per heavy atom. The molecule has 2 aromatic heterocycles. The molecule has 1 atom stereocenters. The van der Waals surface area contributed by atoms with E-state index in [0.29, 0.717) is 28.9 Å². The van der Waals surface area contributed by atoms with Gasteiger partial charge in [0, 0.05) is 24.1 Å². The highest BCUT2D eigenvalue weighted by atomic mass is 16.6. The zero-order chi connectivity index (χ0) is 16.2. The van der Waals surface area contributed by atoms with Crippen molar-refractivity contribution < 1.29 is 14.4 Å². The van der Waals surface area contributed by atoms with Gasteiger partial charge in [0.1, 0.15) is 11.6 Å². The summed E-state index contributed by atoms with van der Waals surface area (Å²) in [7, 11) is 0. The van der Waals surface area contributed by atoms with Crippen LogP contribution in [0.15, 0.2) is 53.1 Å². The number of aromatic nitrogens is 1. The van der Waals surface area contributed by atoms with Crippen molar-refractivity contribution in [3.05, 3.63) is 64.6 Å². The molecule has 0 spiro atoms. The standard InChI is InChI=1S/C16H15N3O4/c20-8-7-14(15-2-1-9-23-15)18-16-6-3-11-10-12(19(21)22)4-5-13(11)17-16/h1-6,9-10,14,20H,7-8H2,(H,17,18). The number of non-ortho nitro benzene ring substituents is 1. The number of nitro groups is 1. The molecule has 0 radical (unpaired) electrons. The number of hydrogen-bond donors (Lipinski definition) is 2. The predicted molar refractivity (Wildman–Crippen MR) is 85.2 cm³/mol. The second kappa shape index (κ2) is 6.45. The van der Waals surface area contributed by atoms with Crippen LogP contribution in [0, 0.1) is 10.1 Å².